The average molecular weight is 374 g/mol. The molecule has 1 saturated heterocycles. The van der Waals surface area contributed by atoms with Crippen LogP contribution >= 0.6 is 35.6 Å². The van der Waals surface area contributed by atoms with Gasteiger partial charge in [-0.2, -0.15) is 0 Å². The number of thiocarbonyl (C=S) groups is 1. The van der Waals surface area contributed by atoms with Crippen molar-refractivity contribution in [1.29, 1.82) is 0 Å². The van der Waals surface area contributed by atoms with E-state index in [1.165, 1.54) is 17.0 Å². The van der Waals surface area contributed by atoms with E-state index in [9.17, 15) is 14.0 Å². The van der Waals surface area contributed by atoms with Gasteiger partial charge in [-0.05, 0) is 31.1 Å². The fraction of sp³-hybridized carbons (Fsp3) is 0.267. The predicted molar refractivity (Wildman–Crippen MR) is 92.9 cm³/mol. The van der Waals surface area contributed by atoms with Crippen molar-refractivity contribution in [3.8, 4) is 0 Å². The summed E-state index contributed by atoms with van der Waals surface area (Å²) in [7, 11) is 0. The number of thioether (sulfide) groups is 1. The summed E-state index contributed by atoms with van der Waals surface area (Å²) in [6.45, 7) is 1.97. The van der Waals surface area contributed by atoms with Crippen molar-refractivity contribution in [2.75, 3.05) is 6.54 Å². The molecule has 1 heterocycles. The van der Waals surface area contributed by atoms with Crippen LogP contribution in [-0.2, 0) is 9.59 Å². The summed E-state index contributed by atoms with van der Waals surface area (Å²) in [6.07, 6.45) is 1.64. The largest absolute Gasteiger partial charge is 0.481 e. The minimum Gasteiger partial charge on any atom is -0.481 e. The second-order valence-corrected chi connectivity index (χ2v) is 6.98. The molecule has 2 rings (SSSR count). The van der Waals surface area contributed by atoms with Gasteiger partial charge in [-0.25, -0.2) is 4.39 Å². The van der Waals surface area contributed by atoms with Crippen molar-refractivity contribution in [3.63, 3.8) is 0 Å². The molecule has 1 aromatic carbocycles. The summed E-state index contributed by atoms with van der Waals surface area (Å²) in [4.78, 5) is 24.5. The molecule has 0 aliphatic carbocycles. The molecule has 1 N–H and O–H groups in total. The Morgan fingerprint density at radius 2 is 2.22 bits per heavy atom. The first kappa shape index (κ1) is 17.9. The van der Waals surface area contributed by atoms with E-state index in [1.54, 1.807) is 13.0 Å². The molecule has 1 aliphatic heterocycles. The molecule has 0 bridgehead atoms. The number of aliphatic carboxylic acids is 1. The lowest BCUT2D eigenvalue weighted by Gasteiger charge is -2.13. The highest BCUT2D eigenvalue weighted by molar-refractivity contribution is 8.26. The Labute approximate surface area is 147 Å². The molecule has 0 radical (unpaired) electrons. The molecule has 8 heteroatoms. The molecule has 122 valence electrons. The zero-order valence-corrected chi connectivity index (χ0v) is 14.5. The third-order valence-electron chi connectivity index (χ3n) is 3.24. The fourth-order valence-electron chi connectivity index (χ4n) is 2.02. The van der Waals surface area contributed by atoms with E-state index in [4.69, 9.17) is 28.9 Å². The number of hydrogen-bond donors (Lipinski definition) is 1. The summed E-state index contributed by atoms with van der Waals surface area (Å²) in [5, 5.41) is 8.89. The Bertz CT molecular complexity index is 721. The summed E-state index contributed by atoms with van der Waals surface area (Å²) in [6, 6.07) is 2.85. The number of nitrogens with zero attached hydrogens (tertiary/aromatic N) is 1. The van der Waals surface area contributed by atoms with Crippen LogP contribution in [0.4, 0.5) is 4.39 Å². The molecule has 23 heavy (non-hydrogen) atoms. The molecule has 1 fully saturated rings. The van der Waals surface area contributed by atoms with Crippen molar-refractivity contribution in [2.45, 2.75) is 19.8 Å². The lowest BCUT2D eigenvalue weighted by Crippen LogP contribution is -2.29. The molecule has 0 atom stereocenters. The minimum atomic E-state index is -0.931. The van der Waals surface area contributed by atoms with Crippen molar-refractivity contribution >= 4 is 57.9 Å². The summed E-state index contributed by atoms with van der Waals surface area (Å²) < 4.78 is 14.3. The van der Waals surface area contributed by atoms with Gasteiger partial charge in [-0.3, -0.25) is 14.5 Å². The van der Waals surface area contributed by atoms with Gasteiger partial charge in [0, 0.05) is 18.5 Å². The molecule has 1 aliphatic rings. The lowest BCUT2D eigenvalue weighted by atomic mass is 10.1. The Morgan fingerprint density at radius 1 is 1.52 bits per heavy atom. The van der Waals surface area contributed by atoms with E-state index in [2.05, 4.69) is 0 Å². The lowest BCUT2D eigenvalue weighted by molar-refractivity contribution is -0.137. The maximum atomic E-state index is 13.9. The molecule has 1 amide bonds. The number of carboxylic acids is 1. The normalized spacial score (nSPS) is 16.5. The van der Waals surface area contributed by atoms with E-state index in [0.29, 0.717) is 16.3 Å². The number of carbonyl (C=O) groups is 2. The van der Waals surface area contributed by atoms with Crippen LogP contribution in [0.3, 0.4) is 0 Å². The van der Waals surface area contributed by atoms with E-state index in [-0.39, 0.29) is 34.4 Å². The summed E-state index contributed by atoms with van der Waals surface area (Å²) in [5.41, 5.74) is 0.856. The van der Waals surface area contributed by atoms with Crippen LogP contribution in [-0.4, -0.2) is 32.7 Å². The highest BCUT2D eigenvalue weighted by atomic mass is 35.5. The summed E-state index contributed by atoms with van der Waals surface area (Å²) >= 11 is 12.3. The second kappa shape index (κ2) is 7.42. The maximum absolute atomic E-state index is 13.9. The van der Waals surface area contributed by atoms with Gasteiger partial charge < -0.3 is 5.11 Å². The zero-order chi connectivity index (χ0) is 17.1. The number of halogens is 2. The molecule has 0 spiro atoms. The Hall–Kier alpha value is -1.44. The third-order valence-corrected chi connectivity index (χ3v) is 5.12. The topological polar surface area (TPSA) is 57.6 Å². The van der Waals surface area contributed by atoms with Crippen molar-refractivity contribution in [2.24, 2.45) is 0 Å². The quantitative estimate of drug-likeness (QED) is 0.627. The summed E-state index contributed by atoms with van der Waals surface area (Å²) in [5.74, 6) is -1.81. The number of carboxylic acid groups (broad SMARTS) is 1. The number of rotatable bonds is 5. The van der Waals surface area contributed by atoms with E-state index >= 15 is 0 Å². The highest BCUT2D eigenvalue weighted by Gasteiger charge is 2.32. The number of aryl methyl sites for hydroxylation is 1. The van der Waals surface area contributed by atoms with Gasteiger partial charge in [0.15, 0.2) is 0 Å². The molecule has 0 aromatic heterocycles. The fourth-order valence-corrected chi connectivity index (χ4v) is 3.52. The molecular formula is C15H13ClFNO3S2. The second-order valence-electron chi connectivity index (χ2n) is 4.92. The Balaban J connectivity index is 2.22. The van der Waals surface area contributed by atoms with Gasteiger partial charge in [-0.1, -0.05) is 41.6 Å². The first-order valence-electron chi connectivity index (χ1n) is 6.73. The van der Waals surface area contributed by atoms with E-state index in [1.807, 2.05) is 0 Å². The zero-order valence-electron chi connectivity index (χ0n) is 12.1. The van der Waals surface area contributed by atoms with Crippen molar-refractivity contribution < 1.29 is 19.1 Å². The van der Waals surface area contributed by atoms with Gasteiger partial charge in [0.25, 0.3) is 5.91 Å². The van der Waals surface area contributed by atoms with Crippen LogP contribution in [0.25, 0.3) is 6.08 Å². The van der Waals surface area contributed by atoms with Crippen LogP contribution in [0.1, 0.15) is 24.0 Å². The average Bonchev–Trinajstić information content (AvgIpc) is 2.74. The SMILES string of the molecule is Cc1ccc(F)c(C=C2SC(=S)N(CCCC(=O)O)C2=O)c1Cl. The van der Waals surface area contributed by atoms with Gasteiger partial charge in [0.2, 0.25) is 0 Å². The van der Waals surface area contributed by atoms with E-state index in [0.717, 1.165) is 11.8 Å². The van der Waals surface area contributed by atoms with Gasteiger partial charge in [0.05, 0.1) is 9.93 Å². The van der Waals surface area contributed by atoms with Crippen LogP contribution < -0.4 is 0 Å². The van der Waals surface area contributed by atoms with Gasteiger partial charge in [0.1, 0.15) is 10.1 Å². The molecule has 4 nitrogen and oxygen atoms in total. The van der Waals surface area contributed by atoms with Crippen LogP contribution in [0, 0.1) is 12.7 Å². The van der Waals surface area contributed by atoms with Gasteiger partial charge >= 0.3 is 5.97 Å². The molecular weight excluding hydrogens is 361 g/mol. The number of carbonyl (C=O) groups excluding carboxylic acids is 1. The number of hydrogen-bond acceptors (Lipinski definition) is 4. The standard InChI is InChI=1S/C15H13ClFNO3S2/c1-8-4-5-10(17)9(13(8)16)7-11-14(21)18(15(22)23-11)6-2-3-12(19)20/h4-5,7H,2-3,6H2,1H3,(H,19,20). The smallest absolute Gasteiger partial charge is 0.303 e. The van der Waals surface area contributed by atoms with Crippen LogP contribution in [0.2, 0.25) is 5.02 Å². The van der Waals surface area contributed by atoms with Crippen LogP contribution in [0.15, 0.2) is 17.0 Å². The van der Waals surface area contributed by atoms with Crippen molar-refractivity contribution in [3.05, 3.63) is 39.0 Å². The third kappa shape index (κ3) is 4.10. The van der Waals surface area contributed by atoms with Gasteiger partial charge in [-0.15, -0.1) is 0 Å². The molecule has 0 unspecified atom stereocenters. The monoisotopic (exact) mass is 373 g/mol. The predicted octanol–water partition coefficient (Wildman–Crippen LogP) is 3.85. The van der Waals surface area contributed by atoms with E-state index < -0.39 is 11.8 Å². The van der Waals surface area contributed by atoms with Crippen molar-refractivity contribution in [1.82, 2.24) is 4.90 Å². The number of benzene rings is 1. The first-order chi connectivity index (χ1) is 10.8. The maximum Gasteiger partial charge on any atom is 0.303 e. The minimum absolute atomic E-state index is 0.0472. The molecule has 0 saturated carbocycles. The Morgan fingerprint density at radius 3 is 2.87 bits per heavy atom. The number of amides is 1. The first-order valence-corrected chi connectivity index (χ1v) is 8.33. The highest BCUT2D eigenvalue weighted by Crippen LogP contribution is 2.35. The molecule has 1 aromatic rings. The van der Waals surface area contributed by atoms with Crippen LogP contribution in [0.5, 0.6) is 0 Å². The Kier molecular flexibility index (Phi) is 5.78.